The molecular formula is C10H13ClS. The van der Waals surface area contributed by atoms with Crippen LogP contribution in [0, 0.1) is 0 Å². The minimum atomic E-state index is 0.557. The molecule has 0 N–H and O–H groups in total. The van der Waals surface area contributed by atoms with Gasteiger partial charge < -0.3 is 0 Å². The van der Waals surface area contributed by atoms with Gasteiger partial charge in [0.2, 0.25) is 0 Å². The van der Waals surface area contributed by atoms with Crippen LogP contribution in [-0.2, 0) is 0 Å². The highest BCUT2D eigenvalue weighted by molar-refractivity contribution is 7.80. The normalized spacial score (nSPS) is 12.9. The fourth-order valence-electron chi connectivity index (χ4n) is 1.17. The first kappa shape index (κ1) is 9.94. The Kier molecular flexibility index (Phi) is 3.96. The molecular weight excluding hydrogens is 188 g/mol. The Hall–Kier alpha value is -0.140. The summed E-state index contributed by atoms with van der Waals surface area (Å²) in [7, 11) is 0. The zero-order chi connectivity index (χ0) is 8.97. The standard InChI is InChI=1S/C10H13ClS/c1-8(5-6-12)9-3-2-4-10(11)7-9/h2-4,7-8,12H,5-6H2,1H3. The van der Waals surface area contributed by atoms with E-state index in [-0.39, 0.29) is 0 Å². The molecule has 0 amide bonds. The quantitative estimate of drug-likeness (QED) is 0.706. The third-order valence-corrected chi connectivity index (χ3v) is 2.47. The third-order valence-electron chi connectivity index (χ3n) is 1.98. The Morgan fingerprint density at radius 3 is 2.83 bits per heavy atom. The maximum Gasteiger partial charge on any atom is 0.0408 e. The summed E-state index contributed by atoms with van der Waals surface area (Å²) >= 11 is 10.1. The van der Waals surface area contributed by atoms with Crippen LogP contribution in [-0.4, -0.2) is 5.75 Å². The molecule has 0 radical (unpaired) electrons. The Labute approximate surface area is 84.3 Å². The van der Waals surface area contributed by atoms with Crippen molar-refractivity contribution in [2.45, 2.75) is 19.3 Å². The van der Waals surface area contributed by atoms with Crippen molar-refractivity contribution in [3.8, 4) is 0 Å². The summed E-state index contributed by atoms with van der Waals surface area (Å²) in [4.78, 5) is 0. The fourth-order valence-corrected chi connectivity index (χ4v) is 1.76. The van der Waals surface area contributed by atoms with E-state index in [9.17, 15) is 0 Å². The molecule has 0 aromatic heterocycles. The molecule has 0 nitrogen and oxygen atoms in total. The van der Waals surface area contributed by atoms with Crippen molar-refractivity contribution in [1.29, 1.82) is 0 Å². The van der Waals surface area contributed by atoms with Crippen LogP contribution in [0.25, 0.3) is 0 Å². The lowest BCUT2D eigenvalue weighted by Crippen LogP contribution is -1.93. The predicted molar refractivity (Wildman–Crippen MR) is 58.3 cm³/mol. The van der Waals surface area contributed by atoms with Crippen molar-refractivity contribution < 1.29 is 0 Å². The summed E-state index contributed by atoms with van der Waals surface area (Å²) in [5.74, 6) is 1.48. The molecule has 1 unspecified atom stereocenters. The SMILES string of the molecule is CC(CCS)c1cccc(Cl)c1. The monoisotopic (exact) mass is 200 g/mol. The molecule has 1 aromatic carbocycles. The third kappa shape index (κ3) is 2.72. The summed E-state index contributed by atoms with van der Waals surface area (Å²) in [6.45, 7) is 2.20. The lowest BCUT2D eigenvalue weighted by molar-refractivity contribution is 0.742. The minimum Gasteiger partial charge on any atom is -0.179 e. The van der Waals surface area contributed by atoms with Crippen molar-refractivity contribution >= 4 is 24.2 Å². The molecule has 2 heteroatoms. The van der Waals surface area contributed by atoms with E-state index in [2.05, 4.69) is 25.6 Å². The van der Waals surface area contributed by atoms with Crippen LogP contribution in [0.2, 0.25) is 5.02 Å². The molecule has 12 heavy (non-hydrogen) atoms. The highest BCUT2D eigenvalue weighted by Gasteiger charge is 2.03. The van der Waals surface area contributed by atoms with Crippen molar-refractivity contribution in [3.63, 3.8) is 0 Å². The summed E-state index contributed by atoms with van der Waals surface area (Å²) in [6, 6.07) is 8.03. The van der Waals surface area contributed by atoms with Gasteiger partial charge in [0, 0.05) is 5.02 Å². The molecule has 0 aliphatic heterocycles. The van der Waals surface area contributed by atoms with Crippen molar-refractivity contribution in [2.75, 3.05) is 5.75 Å². The van der Waals surface area contributed by atoms with Gasteiger partial charge >= 0.3 is 0 Å². The minimum absolute atomic E-state index is 0.557. The fraction of sp³-hybridized carbons (Fsp3) is 0.400. The summed E-state index contributed by atoms with van der Waals surface area (Å²) in [6.07, 6.45) is 1.10. The molecule has 0 saturated carbocycles. The maximum atomic E-state index is 5.87. The van der Waals surface area contributed by atoms with Crippen LogP contribution < -0.4 is 0 Å². The number of hydrogen-bond donors (Lipinski definition) is 1. The maximum absolute atomic E-state index is 5.87. The molecule has 0 heterocycles. The van der Waals surface area contributed by atoms with E-state index in [0.717, 1.165) is 17.2 Å². The second kappa shape index (κ2) is 4.78. The lowest BCUT2D eigenvalue weighted by atomic mass is 9.99. The highest BCUT2D eigenvalue weighted by Crippen LogP contribution is 2.21. The second-order valence-corrected chi connectivity index (χ2v) is 3.85. The van der Waals surface area contributed by atoms with Crippen LogP contribution in [0.3, 0.4) is 0 Å². The molecule has 1 atom stereocenters. The van der Waals surface area contributed by atoms with Crippen LogP contribution in [0.4, 0.5) is 0 Å². The molecule has 0 fully saturated rings. The average molecular weight is 201 g/mol. The van der Waals surface area contributed by atoms with Crippen LogP contribution in [0.1, 0.15) is 24.8 Å². The number of rotatable bonds is 3. The van der Waals surface area contributed by atoms with Gasteiger partial charge in [-0.1, -0.05) is 30.7 Å². The first-order chi connectivity index (χ1) is 5.74. The van der Waals surface area contributed by atoms with E-state index >= 15 is 0 Å². The molecule has 1 aromatic rings. The van der Waals surface area contributed by atoms with E-state index in [1.165, 1.54) is 5.56 Å². The number of hydrogen-bond acceptors (Lipinski definition) is 1. The van der Waals surface area contributed by atoms with Crippen LogP contribution in [0.5, 0.6) is 0 Å². The molecule has 66 valence electrons. The molecule has 0 aliphatic carbocycles. The Bertz CT molecular complexity index is 247. The average Bonchev–Trinajstić information content (AvgIpc) is 2.05. The van der Waals surface area contributed by atoms with Gasteiger partial charge in [0.15, 0.2) is 0 Å². The van der Waals surface area contributed by atoms with Gasteiger partial charge in [-0.3, -0.25) is 0 Å². The number of benzene rings is 1. The molecule has 0 aliphatic rings. The van der Waals surface area contributed by atoms with E-state index in [1.54, 1.807) is 0 Å². The summed E-state index contributed by atoms with van der Waals surface area (Å²) < 4.78 is 0. The summed E-state index contributed by atoms with van der Waals surface area (Å²) in [5, 5.41) is 0.818. The van der Waals surface area contributed by atoms with Gasteiger partial charge in [0.25, 0.3) is 0 Å². The predicted octanol–water partition coefficient (Wildman–Crippen LogP) is 3.76. The number of thiol groups is 1. The van der Waals surface area contributed by atoms with Gasteiger partial charge in [0.05, 0.1) is 0 Å². The highest BCUT2D eigenvalue weighted by atomic mass is 35.5. The van der Waals surface area contributed by atoms with Gasteiger partial charge in [-0.15, -0.1) is 0 Å². The molecule has 1 rings (SSSR count). The zero-order valence-corrected chi connectivity index (χ0v) is 8.78. The van der Waals surface area contributed by atoms with E-state index in [1.807, 2.05) is 18.2 Å². The molecule has 0 spiro atoms. The van der Waals surface area contributed by atoms with Crippen molar-refractivity contribution in [2.24, 2.45) is 0 Å². The summed E-state index contributed by atoms with van der Waals surface area (Å²) in [5.41, 5.74) is 1.30. The van der Waals surface area contributed by atoms with Crippen LogP contribution in [0.15, 0.2) is 24.3 Å². The zero-order valence-electron chi connectivity index (χ0n) is 7.13. The Balaban J connectivity index is 2.73. The first-order valence-corrected chi connectivity index (χ1v) is 5.11. The Morgan fingerprint density at radius 2 is 2.25 bits per heavy atom. The smallest absolute Gasteiger partial charge is 0.0408 e. The van der Waals surface area contributed by atoms with E-state index in [0.29, 0.717) is 5.92 Å². The second-order valence-electron chi connectivity index (χ2n) is 2.97. The topological polar surface area (TPSA) is 0 Å². The van der Waals surface area contributed by atoms with Gasteiger partial charge in [-0.2, -0.15) is 12.6 Å². The number of halogens is 1. The van der Waals surface area contributed by atoms with Gasteiger partial charge in [-0.25, -0.2) is 0 Å². The Morgan fingerprint density at radius 1 is 1.50 bits per heavy atom. The van der Waals surface area contributed by atoms with Gasteiger partial charge in [0.1, 0.15) is 0 Å². The lowest BCUT2D eigenvalue weighted by Gasteiger charge is -2.09. The van der Waals surface area contributed by atoms with Crippen molar-refractivity contribution in [1.82, 2.24) is 0 Å². The largest absolute Gasteiger partial charge is 0.179 e. The molecule has 0 saturated heterocycles. The molecule has 0 bridgehead atoms. The van der Waals surface area contributed by atoms with Crippen molar-refractivity contribution in [3.05, 3.63) is 34.9 Å². The first-order valence-electron chi connectivity index (χ1n) is 4.10. The van der Waals surface area contributed by atoms with Crippen LogP contribution >= 0.6 is 24.2 Å². The van der Waals surface area contributed by atoms with E-state index < -0.39 is 0 Å². The van der Waals surface area contributed by atoms with E-state index in [4.69, 9.17) is 11.6 Å². The van der Waals surface area contributed by atoms with Gasteiger partial charge in [-0.05, 0) is 35.8 Å².